The average molecular weight is 384 g/mol. The number of morpholine rings is 1. The SMILES string of the molecule is [Br-].[Br-].c1coc(CNCCCN2CCOCC2)c1. The first kappa shape index (κ1) is 18.1. The highest BCUT2D eigenvalue weighted by atomic mass is 79.9. The Kier molecular flexibility index (Phi) is 11.1. The van der Waals surface area contributed by atoms with Gasteiger partial charge in [0.25, 0.3) is 0 Å². The fraction of sp³-hybridized carbons (Fsp3) is 0.667. The third-order valence-corrected chi connectivity index (χ3v) is 2.81. The minimum absolute atomic E-state index is 0. The van der Waals surface area contributed by atoms with E-state index in [1.54, 1.807) is 6.26 Å². The molecule has 106 valence electrons. The second-order valence-electron chi connectivity index (χ2n) is 4.06. The van der Waals surface area contributed by atoms with E-state index >= 15 is 0 Å². The monoisotopic (exact) mass is 382 g/mol. The average Bonchev–Trinajstić information content (AvgIpc) is 2.83. The van der Waals surface area contributed by atoms with Gasteiger partial charge in [0, 0.05) is 13.1 Å². The number of furan rings is 1. The zero-order chi connectivity index (χ0) is 11.1. The van der Waals surface area contributed by atoms with E-state index < -0.39 is 0 Å². The molecule has 0 unspecified atom stereocenters. The zero-order valence-corrected chi connectivity index (χ0v) is 13.6. The Hall–Kier alpha value is 0.120. The fourth-order valence-electron chi connectivity index (χ4n) is 1.88. The van der Waals surface area contributed by atoms with Crippen LogP contribution in [-0.4, -0.2) is 44.3 Å². The maximum Gasteiger partial charge on any atom is 0.117 e. The van der Waals surface area contributed by atoms with Gasteiger partial charge >= 0.3 is 0 Å². The summed E-state index contributed by atoms with van der Waals surface area (Å²) in [6, 6.07) is 3.92. The van der Waals surface area contributed by atoms with Gasteiger partial charge in [-0.3, -0.25) is 4.90 Å². The standard InChI is InChI=1S/C12H20N2O2.2BrH/c1-3-12(16-8-1)11-13-4-2-5-14-6-9-15-10-7-14;;/h1,3,8,13H,2,4-7,9-11H2;2*1H/p-2. The van der Waals surface area contributed by atoms with Crippen LogP contribution in [-0.2, 0) is 11.3 Å². The number of ether oxygens (including phenoxy) is 1. The third kappa shape index (κ3) is 6.89. The number of hydrogen-bond donors (Lipinski definition) is 1. The molecule has 1 aromatic rings. The van der Waals surface area contributed by atoms with Crippen LogP contribution in [0.3, 0.4) is 0 Å². The fourth-order valence-corrected chi connectivity index (χ4v) is 1.88. The summed E-state index contributed by atoms with van der Waals surface area (Å²) in [7, 11) is 0. The van der Waals surface area contributed by atoms with Crippen molar-refractivity contribution in [2.24, 2.45) is 0 Å². The lowest BCUT2D eigenvalue weighted by Gasteiger charge is -2.26. The molecule has 0 aromatic carbocycles. The summed E-state index contributed by atoms with van der Waals surface area (Å²) in [5.41, 5.74) is 0. The largest absolute Gasteiger partial charge is 1.00 e. The van der Waals surface area contributed by atoms with E-state index in [1.807, 2.05) is 12.1 Å². The first-order valence-electron chi connectivity index (χ1n) is 5.98. The van der Waals surface area contributed by atoms with Gasteiger partial charge in [0.15, 0.2) is 0 Å². The normalized spacial score (nSPS) is 15.8. The zero-order valence-electron chi connectivity index (χ0n) is 10.4. The van der Waals surface area contributed by atoms with Crippen molar-refractivity contribution in [2.45, 2.75) is 13.0 Å². The van der Waals surface area contributed by atoms with Gasteiger partial charge in [-0.2, -0.15) is 0 Å². The van der Waals surface area contributed by atoms with E-state index in [0.717, 1.165) is 51.7 Å². The smallest absolute Gasteiger partial charge is 0.117 e. The van der Waals surface area contributed by atoms with Crippen LogP contribution in [0.4, 0.5) is 0 Å². The van der Waals surface area contributed by atoms with Crippen LogP contribution in [0, 0.1) is 0 Å². The molecule has 0 amide bonds. The molecule has 0 saturated carbocycles. The Bertz CT molecular complexity index is 278. The molecule has 2 heterocycles. The Morgan fingerprint density at radius 1 is 1.22 bits per heavy atom. The van der Waals surface area contributed by atoms with Crippen molar-refractivity contribution in [1.29, 1.82) is 0 Å². The van der Waals surface area contributed by atoms with E-state index in [1.165, 1.54) is 6.42 Å². The molecule has 18 heavy (non-hydrogen) atoms. The van der Waals surface area contributed by atoms with Crippen LogP contribution in [0.15, 0.2) is 22.8 Å². The van der Waals surface area contributed by atoms with Crippen LogP contribution in [0.25, 0.3) is 0 Å². The lowest BCUT2D eigenvalue weighted by atomic mass is 10.3. The lowest BCUT2D eigenvalue weighted by molar-refractivity contribution is -0.001000. The van der Waals surface area contributed by atoms with Gasteiger partial charge in [-0.1, -0.05) is 0 Å². The minimum Gasteiger partial charge on any atom is -1.00 e. The first-order chi connectivity index (χ1) is 7.95. The van der Waals surface area contributed by atoms with Crippen molar-refractivity contribution < 1.29 is 43.1 Å². The Labute approximate surface area is 130 Å². The Morgan fingerprint density at radius 3 is 2.67 bits per heavy atom. The van der Waals surface area contributed by atoms with Crippen LogP contribution >= 0.6 is 0 Å². The van der Waals surface area contributed by atoms with Gasteiger partial charge in [0.2, 0.25) is 0 Å². The van der Waals surface area contributed by atoms with E-state index in [9.17, 15) is 0 Å². The second kappa shape index (κ2) is 11.0. The van der Waals surface area contributed by atoms with E-state index in [2.05, 4.69) is 10.2 Å². The molecule has 0 radical (unpaired) electrons. The molecular weight excluding hydrogens is 364 g/mol. The quantitative estimate of drug-likeness (QED) is 0.500. The van der Waals surface area contributed by atoms with Gasteiger partial charge in [-0.15, -0.1) is 0 Å². The van der Waals surface area contributed by atoms with Gasteiger partial charge in [0.05, 0.1) is 26.0 Å². The van der Waals surface area contributed by atoms with Crippen molar-refractivity contribution in [3.8, 4) is 0 Å². The molecule has 1 aliphatic heterocycles. The highest BCUT2D eigenvalue weighted by Gasteiger charge is 2.08. The Balaban J connectivity index is 0.00000144. The predicted molar refractivity (Wildman–Crippen MR) is 62.3 cm³/mol. The van der Waals surface area contributed by atoms with Crippen molar-refractivity contribution in [2.75, 3.05) is 39.4 Å². The first-order valence-corrected chi connectivity index (χ1v) is 5.98. The van der Waals surface area contributed by atoms with E-state index in [-0.39, 0.29) is 34.0 Å². The molecular formula is C12H20Br2N2O2-2. The molecule has 1 aromatic heterocycles. The molecule has 6 heteroatoms. The van der Waals surface area contributed by atoms with E-state index in [4.69, 9.17) is 9.15 Å². The molecule has 2 rings (SSSR count). The van der Waals surface area contributed by atoms with Gasteiger partial charge in [-0.25, -0.2) is 0 Å². The van der Waals surface area contributed by atoms with Crippen LogP contribution in [0.2, 0.25) is 0 Å². The number of hydrogen-bond acceptors (Lipinski definition) is 4. The van der Waals surface area contributed by atoms with Crippen molar-refractivity contribution in [1.82, 2.24) is 10.2 Å². The van der Waals surface area contributed by atoms with E-state index in [0.29, 0.717) is 0 Å². The van der Waals surface area contributed by atoms with Crippen molar-refractivity contribution in [3.63, 3.8) is 0 Å². The molecule has 1 N–H and O–H groups in total. The molecule has 0 atom stereocenters. The number of rotatable bonds is 6. The maximum atomic E-state index is 5.31. The highest BCUT2D eigenvalue weighted by Crippen LogP contribution is 1.99. The molecule has 0 aliphatic carbocycles. The third-order valence-electron chi connectivity index (χ3n) is 2.81. The molecule has 0 bridgehead atoms. The Morgan fingerprint density at radius 2 is 2.00 bits per heavy atom. The van der Waals surface area contributed by atoms with Crippen LogP contribution in [0.5, 0.6) is 0 Å². The summed E-state index contributed by atoms with van der Waals surface area (Å²) in [4.78, 5) is 2.46. The second-order valence-corrected chi connectivity index (χ2v) is 4.06. The maximum absolute atomic E-state index is 5.31. The number of nitrogens with one attached hydrogen (secondary N) is 1. The van der Waals surface area contributed by atoms with Crippen molar-refractivity contribution >= 4 is 0 Å². The molecule has 1 saturated heterocycles. The van der Waals surface area contributed by atoms with Gasteiger partial charge < -0.3 is 48.4 Å². The highest BCUT2D eigenvalue weighted by molar-refractivity contribution is 4.97. The molecule has 1 fully saturated rings. The minimum atomic E-state index is 0. The molecule has 1 aliphatic rings. The molecule has 4 nitrogen and oxygen atoms in total. The lowest BCUT2D eigenvalue weighted by Crippen LogP contribution is -3.00. The van der Waals surface area contributed by atoms with Crippen LogP contribution < -0.4 is 39.3 Å². The summed E-state index contributed by atoms with van der Waals surface area (Å²) in [6.07, 6.45) is 2.89. The van der Waals surface area contributed by atoms with Gasteiger partial charge in [-0.05, 0) is 31.6 Å². The summed E-state index contributed by atoms with van der Waals surface area (Å²) in [5.74, 6) is 1.01. The number of nitrogens with zero attached hydrogens (tertiary/aromatic N) is 1. The topological polar surface area (TPSA) is 37.6 Å². The molecule has 0 spiro atoms. The van der Waals surface area contributed by atoms with Gasteiger partial charge in [0.1, 0.15) is 5.76 Å². The predicted octanol–water partition coefficient (Wildman–Crippen LogP) is -4.90. The summed E-state index contributed by atoms with van der Waals surface area (Å²) < 4.78 is 10.5. The summed E-state index contributed by atoms with van der Waals surface area (Å²) >= 11 is 0. The van der Waals surface area contributed by atoms with Crippen molar-refractivity contribution in [3.05, 3.63) is 24.2 Å². The summed E-state index contributed by atoms with van der Waals surface area (Å²) in [5, 5.41) is 3.38. The summed E-state index contributed by atoms with van der Waals surface area (Å²) in [6.45, 7) is 6.97. The van der Waals surface area contributed by atoms with Crippen LogP contribution in [0.1, 0.15) is 12.2 Å². The number of halogens is 2.